The van der Waals surface area contributed by atoms with Crippen molar-refractivity contribution >= 4 is 40.6 Å². The molecule has 1 aliphatic rings. The number of nitrogens with one attached hydrogen (secondary N) is 1. The first-order valence-corrected chi connectivity index (χ1v) is 5.02. The summed E-state index contributed by atoms with van der Waals surface area (Å²) in [5, 5.41) is 3.95. The average Bonchev–Trinajstić information content (AvgIpc) is 2.27. The van der Waals surface area contributed by atoms with Crippen molar-refractivity contribution in [2.24, 2.45) is 5.10 Å². The van der Waals surface area contributed by atoms with Gasteiger partial charge < -0.3 is 4.90 Å². The third-order valence-corrected chi connectivity index (χ3v) is 2.24. The second kappa shape index (κ2) is 3.37. The number of halogens is 3. The molecule has 13 heavy (non-hydrogen) atoms. The van der Waals surface area contributed by atoms with Crippen molar-refractivity contribution < 1.29 is 0 Å². The van der Waals surface area contributed by atoms with Gasteiger partial charge in [0, 0.05) is 5.54 Å². The first-order chi connectivity index (χ1) is 5.73. The van der Waals surface area contributed by atoms with Crippen molar-refractivity contribution in [3.05, 3.63) is 0 Å². The lowest BCUT2D eigenvalue weighted by Gasteiger charge is -2.35. The summed E-state index contributed by atoms with van der Waals surface area (Å²) < 4.78 is -1.46. The number of nitrogens with zero attached hydrogens (tertiary/aromatic N) is 2. The predicted octanol–water partition coefficient (Wildman–Crippen LogP) is 2.33. The van der Waals surface area contributed by atoms with Crippen molar-refractivity contribution in [2.75, 3.05) is 6.67 Å². The Balaban J connectivity index is 2.87. The number of hydrogen-bond acceptors (Lipinski definition) is 3. The van der Waals surface area contributed by atoms with Gasteiger partial charge in [0.1, 0.15) is 6.67 Å². The number of hydrogen-bond donors (Lipinski definition) is 1. The summed E-state index contributed by atoms with van der Waals surface area (Å²) in [6.07, 6.45) is 0. The zero-order chi connectivity index (χ0) is 10.3. The van der Waals surface area contributed by atoms with E-state index in [1.54, 1.807) is 0 Å². The smallest absolute Gasteiger partial charge is 0.249 e. The highest BCUT2D eigenvalue weighted by Gasteiger charge is 2.40. The molecule has 0 saturated carbocycles. The lowest BCUT2D eigenvalue weighted by Crippen LogP contribution is -2.48. The minimum atomic E-state index is -1.46. The van der Waals surface area contributed by atoms with Gasteiger partial charge in [0.05, 0.1) is 0 Å². The third kappa shape index (κ3) is 2.55. The molecule has 1 aliphatic heterocycles. The highest BCUT2D eigenvalue weighted by Crippen LogP contribution is 2.33. The van der Waals surface area contributed by atoms with E-state index in [0.29, 0.717) is 12.5 Å². The molecule has 1 rings (SSSR count). The Hall–Kier alpha value is 0.140. The van der Waals surface area contributed by atoms with Crippen molar-refractivity contribution in [3.63, 3.8) is 0 Å². The summed E-state index contributed by atoms with van der Waals surface area (Å²) in [5.41, 5.74) is 2.69. The van der Waals surface area contributed by atoms with Gasteiger partial charge in [-0.05, 0) is 20.8 Å². The Morgan fingerprint density at radius 2 is 1.85 bits per heavy atom. The van der Waals surface area contributed by atoms with Crippen LogP contribution in [-0.2, 0) is 0 Å². The molecule has 1 N–H and O–H groups in total. The van der Waals surface area contributed by atoms with Gasteiger partial charge >= 0.3 is 0 Å². The molecule has 0 bridgehead atoms. The molecular weight excluding hydrogens is 232 g/mol. The van der Waals surface area contributed by atoms with E-state index in [-0.39, 0.29) is 5.54 Å². The van der Waals surface area contributed by atoms with E-state index in [1.807, 2.05) is 25.7 Å². The zero-order valence-electron chi connectivity index (χ0n) is 7.74. The summed E-state index contributed by atoms with van der Waals surface area (Å²) >= 11 is 17.3. The van der Waals surface area contributed by atoms with Crippen LogP contribution < -0.4 is 5.43 Å². The summed E-state index contributed by atoms with van der Waals surface area (Å²) in [4.78, 5) is 1.92. The highest BCUT2D eigenvalue weighted by molar-refractivity contribution is 6.76. The van der Waals surface area contributed by atoms with Gasteiger partial charge in [0.2, 0.25) is 3.79 Å². The molecule has 0 aromatic carbocycles. The minimum Gasteiger partial charge on any atom is -0.331 e. The molecule has 0 radical (unpaired) electrons. The molecule has 0 amide bonds. The van der Waals surface area contributed by atoms with Crippen LogP contribution in [0.5, 0.6) is 0 Å². The van der Waals surface area contributed by atoms with Crippen molar-refractivity contribution in [2.45, 2.75) is 30.1 Å². The van der Waals surface area contributed by atoms with E-state index in [1.165, 1.54) is 0 Å². The molecule has 0 aliphatic carbocycles. The second-order valence-electron chi connectivity index (χ2n) is 3.85. The molecular formula is C7H12Cl3N3. The van der Waals surface area contributed by atoms with E-state index in [4.69, 9.17) is 34.8 Å². The fourth-order valence-electron chi connectivity index (χ4n) is 1.09. The first-order valence-electron chi connectivity index (χ1n) is 3.88. The van der Waals surface area contributed by atoms with Gasteiger partial charge in [0.25, 0.3) is 0 Å². The molecule has 0 aromatic heterocycles. The second-order valence-corrected chi connectivity index (χ2v) is 6.13. The Morgan fingerprint density at radius 1 is 1.31 bits per heavy atom. The van der Waals surface area contributed by atoms with E-state index in [0.717, 1.165) is 0 Å². The SMILES string of the molecule is CC(C)(C)N1CNN=C1C(Cl)(Cl)Cl. The maximum Gasteiger partial charge on any atom is 0.249 e. The Labute approximate surface area is 93.0 Å². The maximum absolute atomic E-state index is 5.76. The number of hydrazone groups is 1. The van der Waals surface area contributed by atoms with Crippen LogP contribution in [0.2, 0.25) is 0 Å². The third-order valence-electron chi connectivity index (χ3n) is 1.73. The van der Waals surface area contributed by atoms with E-state index >= 15 is 0 Å². The van der Waals surface area contributed by atoms with Crippen LogP contribution in [0, 0.1) is 0 Å². The van der Waals surface area contributed by atoms with Crippen molar-refractivity contribution in [1.82, 2.24) is 10.3 Å². The summed E-state index contributed by atoms with van der Waals surface area (Å²) in [6.45, 7) is 6.68. The standard InChI is InChI=1S/C7H12Cl3N3/c1-6(2,3)13-4-11-12-5(13)7(8,9)10/h11H,4H2,1-3H3. The molecule has 0 atom stereocenters. The lowest BCUT2D eigenvalue weighted by molar-refractivity contribution is 0.241. The summed E-state index contributed by atoms with van der Waals surface area (Å²) in [6, 6.07) is 0. The van der Waals surface area contributed by atoms with Crippen LogP contribution in [0.1, 0.15) is 20.8 Å². The molecule has 0 spiro atoms. The van der Waals surface area contributed by atoms with E-state index < -0.39 is 3.79 Å². The fourth-order valence-corrected chi connectivity index (χ4v) is 1.52. The number of amidine groups is 1. The monoisotopic (exact) mass is 243 g/mol. The highest BCUT2D eigenvalue weighted by atomic mass is 35.6. The van der Waals surface area contributed by atoms with Crippen molar-refractivity contribution in [1.29, 1.82) is 0 Å². The maximum atomic E-state index is 5.76. The molecule has 76 valence electrons. The van der Waals surface area contributed by atoms with E-state index in [9.17, 15) is 0 Å². The molecule has 0 aromatic rings. The molecule has 0 unspecified atom stereocenters. The van der Waals surface area contributed by atoms with Crippen LogP contribution in [0.15, 0.2) is 5.10 Å². The lowest BCUT2D eigenvalue weighted by atomic mass is 10.1. The topological polar surface area (TPSA) is 27.6 Å². The number of rotatable bonds is 0. The zero-order valence-corrected chi connectivity index (χ0v) is 10.0. The molecule has 0 saturated heterocycles. The molecule has 6 heteroatoms. The van der Waals surface area contributed by atoms with Gasteiger partial charge in [-0.25, -0.2) is 0 Å². The fraction of sp³-hybridized carbons (Fsp3) is 0.857. The predicted molar refractivity (Wildman–Crippen MR) is 57.3 cm³/mol. The Bertz CT molecular complexity index is 226. The van der Waals surface area contributed by atoms with Gasteiger partial charge in [-0.2, -0.15) is 5.10 Å². The molecule has 1 heterocycles. The van der Waals surface area contributed by atoms with Crippen LogP contribution >= 0.6 is 34.8 Å². The average molecular weight is 245 g/mol. The Morgan fingerprint density at radius 3 is 2.15 bits per heavy atom. The van der Waals surface area contributed by atoms with Gasteiger partial charge in [0.15, 0.2) is 5.84 Å². The summed E-state index contributed by atoms with van der Waals surface area (Å²) in [5.74, 6) is 0.449. The molecule has 0 fully saturated rings. The summed E-state index contributed by atoms with van der Waals surface area (Å²) in [7, 11) is 0. The molecule has 3 nitrogen and oxygen atoms in total. The first kappa shape index (κ1) is 11.2. The van der Waals surface area contributed by atoms with Gasteiger partial charge in [-0.15, -0.1) is 0 Å². The largest absolute Gasteiger partial charge is 0.331 e. The van der Waals surface area contributed by atoms with Crippen LogP contribution in [0.4, 0.5) is 0 Å². The Kier molecular flexibility index (Phi) is 2.91. The van der Waals surface area contributed by atoms with Gasteiger partial charge in [-0.3, -0.25) is 5.43 Å². The number of alkyl halides is 3. The van der Waals surface area contributed by atoms with Crippen LogP contribution in [-0.4, -0.2) is 26.7 Å². The van der Waals surface area contributed by atoms with Crippen molar-refractivity contribution in [3.8, 4) is 0 Å². The van der Waals surface area contributed by atoms with Crippen LogP contribution in [0.25, 0.3) is 0 Å². The van der Waals surface area contributed by atoms with Gasteiger partial charge in [-0.1, -0.05) is 34.8 Å². The van der Waals surface area contributed by atoms with E-state index in [2.05, 4.69) is 10.5 Å². The normalized spacial score (nSPS) is 18.6. The quantitative estimate of drug-likeness (QED) is 0.662. The minimum absolute atomic E-state index is 0.105. The van der Waals surface area contributed by atoms with Crippen LogP contribution in [0.3, 0.4) is 0 Å².